The summed E-state index contributed by atoms with van der Waals surface area (Å²) in [6, 6.07) is 0. The maximum absolute atomic E-state index is 8.76. The molecule has 3 rings (SSSR count). The molecule has 19 heavy (non-hydrogen) atoms. The molecular formula is C18H32O. The lowest BCUT2D eigenvalue weighted by molar-refractivity contribution is -0.109. The van der Waals surface area contributed by atoms with E-state index in [2.05, 4.69) is 26.8 Å². The largest absolute Gasteiger partial charge is 0.396 e. The van der Waals surface area contributed by atoms with E-state index >= 15 is 0 Å². The minimum absolute atomic E-state index is 0.364. The van der Waals surface area contributed by atoms with E-state index in [-0.39, 0.29) is 0 Å². The van der Waals surface area contributed by atoms with Gasteiger partial charge in [-0.3, -0.25) is 0 Å². The van der Waals surface area contributed by atoms with Crippen molar-refractivity contribution in [3.05, 3.63) is 11.6 Å². The third kappa shape index (κ3) is 2.63. The molecule has 0 radical (unpaired) electrons. The molecule has 2 atom stereocenters. The van der Waals surface area contributed by atoms with Crippen LogP contribution in [0.4, 0.5) is 0 Å². The highest BCUT2D eigenvalue weighted by Gasteiger charge is 2.60. The average molecular weight is 264 g/mol. The molecule has 0 amide bonds. The van der Waals surface area contributed by atoms with Crippen molar-refractivity contribution in [1.82, 2.24) is 0 Å². The van der Waals surface area contributed by atoms with Crippen LogP contribution in [0.15, 0.2) is 11.6 Å². The Hall–Kier alpha value is -0.300. The average Bonchev–Trinajstić information content (AvgIpc) is 2.38. The van der Waals surface area contributed by atoms with E-state index in [0.717, 1.165) is 12.3 Å². The van der Waals surface area contributed by atoms with Gasteiger partial charge in [0.15, 0.2) is 0 Å². The standard InChI is InChI=1S/C18H32O/c1-15-10-11-16-14-18(15,17(16,2)3)12-8-6-4-5-7-9-13-19/h10,16,19H,4-9,11-14H2,1-3H3. The molecule has 0 saturated heterocycles. The van der Waals surface area contributed by atoms with E-state index in [1.165, 1.54) is 51.4 Å². The Labute approximate surface area is 119 Å². The monoisotopic (exact) mass is 264 g/mol. The zero-order valence-corrected chi connectivity index (χ0v) is 13.2. The van der Waals surface area contributed by atoms with E-state index in [0.29, 0.717) is 17.4 Å². The second kappa shape index (κ2) is 5.99. The lowest BCUT2D eigenvalue weighted by atomic mass is 9.39. The van der Waals surface area contributed by atoms with Crippen molar-refractivity contribution >= 4 is 0 Å². The van der Waals surface area contributed by atoms with E-state index in [4.69, 9.17) is 5.11 Å². The van der Waals surface area contributed by atoms with Gasteiger partial charge >= 0.3 is 0 Å². The Bertz CT molecular complexity index is 329. The van der Waals surface area contributed by atoms with Crippen molar-refractivity contribution in [3.63, 3.8) is 0 Å². The second-order valence-electron chi connectivity index (χ2n) is 7.42. The van der Waals surface area contributed by atoms with Gasteiger partial charge in [-0.2, -0.15) is 0 Å². The van der Waals surface area contributed by atoms with Crippen molar-refractivity contribution in [2.24, 2.45) is 16.7 Å². The highest BCUT2D eigenvalue weighted by molar-refractivity contribution is 5.29. The van der Waals surface area contributed by atoms with Gasteiger partial charge in [0.1, 0.15) is 0 Å². The van der Waals surface area contributed by atoms with Gasteiger partial charge in [-0.05, 0) is 49.4 Å². The summed E-state index contributed by atoms with van der Waals surface area (Å²) in [6.07, 6.45) is 14.3. The molecule has 3 aliphatic rings. The molecule has 1 nitrogen and oxygen atoms in total. The normalized spacial score (nSPS) is 31.8. The van der Waals surface area contributed by atoms with Crippen LogP contribution >= 0.6 is 0 Å². The Morgan fingerprint density at radius 1 is 1.11 bits per heavy atom. The molecule has 1 saturated carbocycles. The third-order valence-corrected chi connectivity index (χ3v) is 6.32. The number of allylic oxidation sites excluding steroid dienone is 2. The predicted molar refractivity (Wildman–Crippen MR) is 82.1 cm³/mol. The van der Waals surface area contributed by atoms with Gasteiger partial charge in [-0.25, -0.2) is 0 Å². The summed E-state index contributed by atoms with van der Waals surface area (Å²) >= 11 is 0. The first kappa shape index (κ1) is 15.1. The number of unbranched alkanes of at least 4 members (excludes halogenated alkanes) is 5. The summed E-state index contributed by atoms with van der Waals surface area (Å²) in [5.74, 6) is 0.945. The van der Waals surface area contributed by atoms with Gasteiger partial charge in [0.05, 0.1) is 0 Å². The molecule has 1 fully saturated rings. The predicted octanol–water partition coefficient (Wildman–Crippen LogP) is 5.09. The number of fused-ring (bicyclic) bond motifs is 1. The Morgan fingerprint density at radius 3 is 2.32 bits per heavy atom. The van der Waals surface area contributed by atoms with Crippen LogP contribution < -0.4 is 0 Å². The van der Waals surface area contributed by atoms with Crippen molar-refractivity contribution in [2.45, 2.75) is 78.6 Å². The van der Waals surface area contributed by atoms with Crippen LogP contribution in [0.2, 0.25) is 0 Å². The van der Waals surface area contributed by atoms with Gasteiger partial charge in [-0.15, -0.1) is 0 Å². The topological polar surface area (TPSA) is 20.2 Å². The van der Waals surface area contributed by atoms with Crippen LogP contribution in [0.3, 0.4) is 0 Å². The van der Waals surface area contributed by atoms with Crippen LogP contribution in [0.5, 0.6) is 0 Å². The zero-order chi connectivity index (χ0) is 13.9. The molecule has 0 aromatic carbocycles. The van der Waals surface area contributed by atoms with Gasteiger partial charge in [0.2, 0.25) is 0 Å². The maximum atomic E-state index is 8.76. The van der Waals surface area contributed by atoms with Gasteiger partial charge in [0.25, 0.3) is 0 Å². The van der Waals surface area contributed by atoms with Crippen molar-refractivity contribution < 1.29 is 5.11 Å². The molecule has 1 N–H and O–H groups in total. The van der Waals surface area contributed by atoms with Crippen molar-refractivity contribution in [1.29, 1.82) is 0 Å². The lowest BCUT2D eigenvalue weighted by Gasteiger charge is -2.66. The molecule has 0 heterocycles. The van der Waals surface area contributed by atoms with Crippen LogP contribution in [-0.2, 0) is 0 Å². The van der Waals surface area contributed by atoms with Crippen molar-refractivity contribution in [2.75, 3.05) is 6.61 Å². The highest BCUT2D eigenvalue weighted by atomic mass is 16.2. The minimum Gasteiger partial charge on any atom is -0.396 e. The van der Waals surface area contributed by atoms with E-state index in [1.54, 1.807) is 5.57 Å². The molecule has 0 aromatic rings. The zero-order valence-electron chi connectivity index (χ0n) is 13.2. The van der Waals surface area contributed by atoms with Crippen LogP contribution in [0.1, 0.15) is 78.6 Å². The molecular weight excluding hydrogens is 232 g/mol. The molecule has 110 valence electrons. The van der Waals surface area contributed by atoms with Gasteiger partial charge in [0, 0.05) is 6.61 Å². The van der Waals surface area contributed by atoms with E-state index in [9.17, 15) is 0 Å². The quantitative estimate of drug-likeness (QED) is 0.478. The minimum atomic E-state index is 0.364. The van der Waals surface area contributed by atoms with E-state index in [1.807, 2.05) is 0 Å². The van der Waals surface area contributed by atoms with Gasteiger partial charge in [-0.1, -0.05) is 57.6 Å². The van der Waals surface area contributed by atoms with Crippen LogP contribution in [-0.4, -0.2) is 11.7 Å². The summed E-state index contributed by atoms with van der Waals surface area (Å²) in [4.78, 5) is 0. The number of hydrogen-bond acceptors (Lipinski definition) is 1. The van der Waals surface area contributed by atoms with Crippen LogP contribution in [0, 0.1) is 16.7 Å². The summed E-state index contributed by atoms with van der Waals surface area (Å²) < 4.78 is 0. The first-order valence-corrected chi connectivity index (χ1v) is 8.33. The first-order chi connectivity index (χ1) is 9.04. The van der Waals surface area contributed by atoms with Crippen molar-refractivity contribution in [3.8, 4) is 0 Å². The summed E-state index contributed by atoms with van der Waals surface area (Å²) in [6.45, 7) is 7.74. The van der Waals surface area contributed by atoms with Crippen LogP contribution in [0.25, 0.3) is 0 Å². The fourth-order valence-electron chi connectivity index (χ4n) is 4.63. The number of aliphatic hydroxyl groups is 1. The number of hydrogen-bond donors (Lipinski definition) is 1. The molecule has 1 heteroatoms. The molecule has 3 aliphatic carbocycles. The Morgan fingerprint density at radius 2 is 1.74 bits per heavy atom. The Kier molecular flexibility index (Phi) is 4.76. The fraction of sp³-hybridized carbons (Fsp3) is 0.889. The number of aliphatic hydroxyl groups excluding tert-OH is 1. The molecule has 2 bridgehead atoms. The third-order valence-electron chi connectivity index (χ3n) is 6.32. The lowest BCUT2D eigenvalue weighted by Crippen LogP contribution is -2.57. The van der Waals surface area contributed by atoms with Gasteiger partial charge < -0.3 is 5.11 Å². The fourth-order valence-corrected chi connectivity index (χ4v) is 4.63. The molecule has 0 aromatic heterocycles. The molecule has 0 aliphatic heterocycles. The van der Waals surface area contributed by atoms with E-state index < -0.39 is 0 Å². The second-order valence-corrected chi connectivity index (χ2v) is 7.42. The maximum Gasteiger partial charge on any atom is 0.0431 e. The summed E-state index contributed by atoms with van der Waals surface area (Å²) in [7, 11) is 0. The summed E-state index contributed by atoms with van der Waals surface area (Å²) in [5, 5.41) is 8.76. The first-order valence-electron chi connectivity index (χ1n) is 8.33. The Balaban J connectivity index is 1.73. The highest BCUT2D eigenvalue weighted by Crippen LogP contribution is 2.69. The molecule has 2 unspecified atom stereocenters. The number of rotatable bonds is 8. The summed E-state index contributed by atoms with van der Waals surface area (Å²) in [5.41, 5.74) is 2.77. The molecule has 0 spiro atoms. The smallest absolute Gasteiger partial charge is 0.0431 e. The SMILES string of the molecule is CC1=CCC2CC1(CCCCCCCCO)C2(C)C.